The first-order valence-corrected chi connectivity index (χ1v) is 10.3. The molecule has 0 amide bonds. The maximum Gasteiger partial charge on any atom is 0.416 e. The average molecular weight is 299 g/mol. The Labute approximate surface area is 116 Å². The molecule has 0 aromatic heterocycles. The summed E-state index contributed by atoms with van der Waals surface area (Å²) in [6, 6.07) is 0. The van der Waals surface area contributed by atoms with E-state index in [0.29, 0.717) is 6.54 Å². The lowest BCUT2D eigenvalue weighted by molar-refractivity contribution is -0.263. The summed E-state index contributed by atoms with van der Waals surface area (Å²) < 4.78 is 45.8. The molecule has 0 rings (SSSR count). The molecule has 0 spiro atoms. The van der Waals surface area contributed by atoms with Crippen LogP contribution in [0.25, 0.3) is 0 Å². The summed E-state index contributed by atoms with van der Waals surface area (Å²) in [5, 5.41) is 0. The van der Waals surface area contributed by atoms with Gasteiger partial charge in [-0.25, -0.2) is 0 Å². The van der Waals surface area contributed by atoms with Crippen LogP contribution in [-0.2, 0) is 4.43 Å². The SMILES string of the molecule is CCN(CC)CC(C)C(C)(O[Si](C)(C)C)C(F)(F)F. The van der Waals surface area contributed by atoms with Crippen molar-refractivity contribution >= 4 is 8.32 Å². The molecular weight excluding hydrogens is 271 g/mol. The highest BCUT2D eigenvalue weighted by Crippen LogP contribution is 2.41. The van der Waals surface area contributed by atoms with Crippen LogP contribution < -0.4 is 0 Å². The van der Waals surface area contributed by atoms with Crippen molar-refractivity contribution in [1.29, 1.82) is 0 Å². The van der Waals surface area contributed by atoms with E-state index in [4.69, 9.17) is 4.43 Å². The topological polar surface area (TPSA) is 12.5 Å². The van der Waals surface area contributed by atoms with E-state index in [1.54, 1.807) is 26.6 Å². The number of hydrogen-bond donors (Lipinski definition) is 0. The first-order chi connectivity index (χ1) is 8.37. The van der Waals surface area contributed by atoms with Gasteiger partial charge in [-0.2, -0.15) is 13.2 Å². The highest BCUT2D eigenvalue weighted by Gasteiger charge is 2.57. The lowest BCUT2D eigenvalue weighted by atomic mass is 9.89. The summed E-state index contributed by atoms with van der Waals surface area (Å²) in [4.78, 5) is 2.00. The first-order valence-electron chi connectivity index (χ1n) is 6.86. The van der Waals surface area contributed by atoms with E-state index in [-0.39, 0.29) is 0 Å². The van der Waals surface area contributed by atoms with Crippen molar-refractivity contribution in [3.05, 3.63) is 0 Å². The number of alkyl halides is 3. The first kappa shape index (κ1) is 18.9. The summed E-state index contributed by atoms with van der Waals surface area (Å²) in [6.45, 7) is 14.0. The number of halogens is 3. The zero-order valence-corrected chi connectivity index (χ0v) is 14.2. The van der Waals surface area contributed by atoms with E-state index in [1.807, 2.05) is 18.7 Å². The molecule has 2 atom stereocenters. The Kier molecular flexibility index (Phi) is 6.56. The summed E-state index contributed by atoms with van der Waals surface area (Å²) >= 11 is 0. The van der Waals surface area contributed by atoms with Gasteiger partial charge in [0.15, 0.2) is 13.9 Å². The summed E-state index contributed by atoms with van der Waals surface area (Å²) in [7, 11) is -2.28. The zero-order chi connectivity index (χ0) is 15.5. The van der Waals surface area contributed by atoms with E-state index in [0.717, 1.165) is 13.1 Å². The van der Waals surface area contributed by atoms with E-state index < -0.39 is 26.0 Å². The molecule has 0 radical (unpaired) electrons. The minimum atomic E-state index is -4.35. The zero-order valence-electron chi connectivity index (χ0n) is 13.2. The minimum absolute atomic E-state index is 0.396. The quantitative estimate of drug-likeness (QED) is 0.655. The normalized spacial score (nSPS) is 18.5. The Hall–Kier alpha value is -0.0731. The van der Waals surface area contributed by atoms with Gasteiger partial charge in [-0.1, -0.05) is 20.8 Å². The van der Waals surface area contributed by atoms with Gasteiger partial charge in [-0.15, -0.1) is 0 Å². The molecule has 0 aromatic rings. The second kappa shape index (κ2) is 6.59. The Morgan fingerprint density at radius 3 is 1.79 bits per heavy atom. The van der Waals surface area contributed by atoms with Crippen LogP contribution in [0.1, 0.15) is 27.7 Å². The molecule has 0 saturated heterocycles. The van der Waals surface area contributed by atoms with Crippen LogP contribution in [0.4, 0.5) is 13.2 Å². The molecule has 0 fully saturated rings. The van der Waals surface area contributed by atoms with E-state index in [1.165, 1.54) is 6.92 Å². The molecular formula is C13H28F3NOSi. The van der Waals surface area contributed by atoms with Crippen molar-refractivity contribution in [1.82, 2.24) is 4.90 Å². The van der Waals surface area contributed by atoms with Crippen molar-refractivity contribution < 1.29 is 17.6 Å². The maximum absolute atomic E-state index is 13.4. The molecule has 116 valence electrons. The van der Waals surface area contributed by atoms with E-state index in [2.05, 4.69) is 0 Å². The minimum Gasteiger partial charge on any atom is -0.404 e. The smallest absolute Gasteiger partial charge is 0.404 e. The number of hydrogen-bond acceptors (Lipinski definition) is 2. The van der Waals surface area contributed by atoms with E-state index in [9.17, 15) is 13.2 Å². The van der Waals surface area contributed by atoms with Crippen LogP contribution in [0.5, 0.6) is 0 Å². The van der Waals surface area contributed by atoms with Gasteiger partial charge in [0.1, 0.15) is 0 Å². The third-order valence-electron chi connectivity index (χ3n) is 3.45. The summed E-state index contributed by atoms with van der Waals surface area (Å²) in [5.74, 6) is -0.598. The number of nitrogens with zero attached hydrogens (tertiary/aromatic N) is 1. The Balaban J connectivity index is 5.15. The molecule has 0 aliphatic rings. The Morgan fingerprint density at radius 2 is 1.53 bits per heavy atom. The molecule has 0 aliphatic heterocycles. The summed E-state index contributed by atoms with van der Waals surface area (Å²) in [6.07, 6.45) is -4.35. The van der Waals surface area contributed by atoms with Crippen molar-refractivity contribution in [2.24, 2.45) is 5.92 Å². The third kappa shape index (κ3) is 5.43. The number of rotatable bonds is 7. The highest BCUT2D eigenvalue weighted by atomic mass is 28.4. The molecule has 0 aromatic carbocycles. The molecule has 0 N–H and O–H groups in total. The molecule has 2 nitrogen and oxygen atoms in total. The van der Waals surface area contributed by atoms with Crippen LogP contribution in [0, 0.1) is 5.92 Å². The maximum atomic E-state index is 13.4. The van der Waals surface area contributed by atoms with Gasteiger partial charge in [-0.05, 0) is 39.7 Å². The van der Waals surface area contributed by atoms with Crippen molar-refractivity contribution in [2.45, 2.75) is 59.1 Å². The molecule has 6 heteroatoms. The third-order valence-corrected chi connectivity index (χ3v) is 4.48. The summed E-state index contributed by atoms with van der Waals surface area (Å²) in [5.41, 5.74) is -2.07. The molecule has 0 heterocycles. The second-order valence-corrected chi connectivity index (χ2v) is 10.6. The fourth-order valence-corrected chi connectivity index (χ4v) is 3.71. The van der Waals surface area contributed by atoms with Crippen LogP contribution in [0.2, 0.25) is 19.6 Å². The molecule has 0 aliphatic carbocycles. The van der Waals surface area contributed by atoms with Crippen LogP contribution in [-0.4, -0.2) is 44.6 Å². The van der Waals surface area contributed by atoms with Gasteiger partial charge in [0.25, 0.3) is 0 Å². The standard InChI is InChI=1S/C13H28F3NOSi/c1-8-17(9-2)10-11(3)12(4,13(14,15)16)18-19(5,6)7/h11H,8-10H2,1-7H3. The van der Waals surface area contributed by atoms with Gasteiger partial charge in [0.2, 0.25) is 0 Å². The second-order valence-electron chi connectivity index (χ2n) is 6.21. The largest absolute Gasteiger partial charge is 0.416 e. The molecule has 19 heavy (non-hydrogen) atoms. The van der Waals surface area contributed by atoms with E-state index >= 15 is 0 Å². The Bertz CT molecular complexity index is 274. The lowest BCUT2D eigenvalue weighted by Crippen LogP contribution is -2.57. The van der Waals surface area contributed by atoms with Gasteiger partial charge in [-0.3, -0.25) is 0 Å². The fourth-order valence-electron chi connectivity index (χ4n) is 2.12. The van der Waals surface area contributed by atoms with Gasteiger partial charge >= 0.3 is 6.18 Å². The van der Waals surface area contributed by atoms with Crippen LogP contribution in [0.3, 0.4) is 0 Å². The van der Waals surface area contributed by atoms with Crippen molar-refractivity contribution in [2.75, 3.05) is 19.6 Å². The van der Waals surface area contributed by atoms with Gasteiger partial charge < -0.3 is 9.33 Å². The molecule has 0 saturated carbocycles. The van der Waals surface area contributed by atoms with Crippen LogP contribution >= 0.6 is 0 Å². The monoisotopic (exact) mass is 299 g/mol. The van der Waals surface area contributed by atoms with Crippen LogP contribution in [0.15, 0.2) is 0 Å². The predicted molar refractivity (Wildman–Crippen MR) is 75.8 cm³/mol. The molecule has 0 bridgehead atoms. The van der Waals surface area contributed by atoms with Gasteiger partial charge in [0.05, 0.1) is 0 Å². The lowest BCUT2D eigenvalue weighted by Gasteiger charge is -2.43. The fraction of sp³-hybridized carbons (Fsp3) is 1.00. The van der Waals surface area contributed by atoms with Crippen molar-refractivity contribution in [3.8, 4) is 0 Å². The Morgan fingerprint density at radius 1 is 1.11 bits per heavy atom. The highest BCUT2D eigenvalue weighted by molar-refractivity contribution is 6.69. The van der Waals surface area contributed by atoms with Crippen molar-refractivity contribution in [3.63, 3.8) is 0 Å². The predicted octanol–water partition coefficient (Wildman–Crippen LogP) is 4.14. The average Bonchev–Trinajstić information content (AvgIpc) is 2.21. The van der Waals surface area contributed by atoms with Gasteiger partial charge in [0, 0.05) is 12.5 Å². The molecule has 2 unspecified atom stereocenters.